The summed E-state index contributed by atoms with van der Waals surface area (Å²) in [7, 11) is 3.11. The van der Waals surface area contributed by atoms with Gasteiger partial charge in [-0.15, -0.1) is 0 Å². The lowest BCUT2D eigenvalue weighted by molar-refractivity contribution is -0.132. The maximum Gasteiger partial charge on any atom is 0.300 e. The number of methoxy groups -OCH3 is 2. The number of aliphatic hydroxyl groups excluding tert-OH is 1. The average Bonchev–Trinajstić information content (AvgIpc) is 3.18. The molecule has 0 spiro atoms. The van der Waals surface area contributed by atoms with Crippen LogP contribution in [0.5, 0.6) is 11.5 Å². The number of anilines is 1. The number of amides is 1. The van der Waals surface area contributed by atoms with E-state index in [-0.39, 0.29) is 11.3 Å². The molecule has 6 nitrogen and oxygen atoms in total. The molecule has 5 rings (SSSR count). The van der Waals surface area contributed by atoms with Crippen molar-refractivity contribution in [1.29, 1.82) is 0 Å². The zero-order chi connectivity index (χ0) is 24.5. The molecule has 1 amide bonds. The van der Waals surface area contributed by atoms with E-state index >= 15 is 0 Å². The van der Waals surface area contributed by atoms with E-state index in [1.165, 1.54) is 4.90 Å². The van der Waals surface area contributed by atoms with Crippen molar-refractivity contribution in [2.24, 2.45) is 0 Å². The summed E-state index contributed by atoms with van der Waals surface area (Å²) in [5.41, 5.74) is 1.73. The topological polar surface area (TPSA) is 76.1 Å². The third kappa shape index (κ3) is 3.79. The van der Waals surface area contributed by atoms with Crippen LogP contribution in [0.15, 0.2) is 96.6 Å². The molecule has 1 fully saturated rings. The second kappa shape index (κ2) is 8.99. The molecule has 4 aromatic rings. The standard InChI is InChI=1S/C29H23NO5/c1-34-21-14-10-19(11-15-21)27(31)25-26(24-9-5-7-18-6-3-4-8-23(18)24)30(29(33)28(25)32)20-12-16-22(35-2)17-13-20/h3-17,26,31H,1-2H3/b27-25-. The molecular formula is C29H23NO5. The molecule has 1 heterocycles. The molecule has 1 atom stereocenters. The number of rotatable bonds is 5. The first-order valence-electron chi connectivity index (χ1n) is 11.1. The number of aliphatic hydroxyl groups is 1. The van der Waals surface area contributed by atoms with E-state index in [1.807, 2.05) is 42.5 Å². The monoisotopic (exact) mass is 465 g/mol. The van der Waals surface area contributed by atoms with Gasteiger partial charge in [-0.1, -0.05) is 42.5 Å². The summed E-state index contributed by atoms with van der Waals surface area (Å²) in [6.45, 7) is 0. The molecule has 0 bridgehead atoms. The van der Waals surface area contributed by atoms with E-state index in [4.69, 9.17) is 9.47 Å². The van der Waals surface area contributed by atoms with Gasteiger partial charge in [-0.25, -0.2) is 0 Å². The minimum absolute atomic E-state index is 0.0346. The van der Waals surface area contributed by atoms with Gasteiger partial charge in [0.15, 0.2) is 0 Å². The molecule has 0 saturated carbocycles. The Morgan fingerprint density at radius 1 is 0.771 bits per heavy atom. The van der Waals surface area contributed by atoms with Crippen LogP contribution in [0.2, 0.25) is 0 Å². The Bertz CT molecular complexity index is 1450. The van der Waals surface area contributed by atoms with E-state index in [2.05, 4.69) is 0 Å². The molecular weight excluding hydrogens is 442 g/mol. The SMILES string of the molecule is COc1ccc(/C(O)=C2/C(=O)C(=O)N(c3ccc(OC)cc3)C2c2cccc3ccccc23)cc1. The van der Waals surface area contributed by atoms with E-state index < -0.39 is 17.7 Å². The van der Waals surface area contributed by atoms with E-state index in [9.17, 15) is 14.7 Å². The van der Waals surface area contributed by atoms with Gasteiger partial charge in [0, 0.05) is 11.3 Å². The summed E-state index contributed by atoms with van der Waals surface area (Å²) in [4.78, 5) is 28.3. The van der Waals surface area contributed by atoms with Crippen LogP contribution >= 0.6 is 0 Å². The Morgan fingerprint density at radius 3 is 2.03 bits per heavy atom. The van der Waals surface area contributed by atoms with Crippen LogP contribution in [0, 0.1) is 0 Å². The van der Waals surface area contributed by atoms with Crippen LogP contribution in [-0.4, -0.2) is 31.0 Å². The fourth-order valence-electron chi connectivity index (χ4n) is 4.53. The molecule has 174 valence electrons. The highest BCUT2D eigenvalue weighted by molar-refractivity contribution is 6.51. The van der Waals surface area contributed by atoms with E-state index in [1.54, 1.807) is 62.8 Å². The normalized spacial score (nSPS) is 17.1. The van der Waals surface area contributed by atoms with Crippen LogP contribution in [0.4, 0.5) is 5.69 Å². The van der Waals surface area contributed by atoms with Crippen LogP contribution in [0.1, 0.15) is 17.2 Å². The van der Waals surface area contributed by atoms with Gasteiger partial charge in [0.1, 0.15) is 17.3 Å². The molecule has 1 saturated heterocycles. The maximum atomic E-state index is 13.4. The number of benzene rings is 4. The lowest BCUT2D eigenvalue weighted by Gasteiger charge is -2.26. The largest absolute Gasteiger partial charge is 0.507 e. The van der Waals surface area contributed by atoms with Gasteiger partial charge in [-0.3, -0.25) is 14.5 Å². The first-order valence-corrected chi connectivity index (χ1v) is 11.1. The van der Waals surface area contributed by atoms with Gasteiger partial charge in [-0.2, -0.15) is 0 Å². The number of hydrogen-bond acceptors (Lipinski definition) is 5. The Hall–Kier alpha value is -4.58. The Balaban J connectivity index is 1.76. The quantitative estimate of drug-likeness (QED) is 0.240. The van der Waals surface area contributed by atoms with Gasteiger partial charge >= 0.3 is 0 Å². The molecule has 1 N–H and O–H groups in total. The second-order valence-corrected chi connectivity index (χ2v) is 8.16. The summed E-state index contributed by atoms with van der Waals surface area (Å²) < 4.78 is 10.5. The van der Waals surface area contributed by atoms with Gasteiger partial charge in [0.2, 0.25) is 0 Å². The number of ketones is 1. The van der Waals surface area contributed by atoms with Crippen molar-refractivity contribution in [2.45, 2.75) is 6.04 Å². The van der Waals surface area contributed by atoms with Crippen LogP contribution < -0.4 is 14.4 Å². The van der Waals surface area contributed by atoms with Crippen molar-refractivity contribution in [2.75, 3.05) is 19.1 Å². The predicted octanol–water partition coefficient (Wildman–Crippen LogP) is 5.48. The van der Waals surface area contributed by atoms with Gasteiger partial charge in [0.05, 0.1) is 25.8 Å². The number of Topliss-reactive ketones (excluding diaryl/α,β-unsaturated/α-hetero) is 1. The lowest BCUT2D eigenvalue weighted by Crippen LogP contribution is -2.29. The molecule has 0 aromatic heterocycles. The molecule has 0 radical (unpaired) electrons. The molecule has 0 aliphatic carbocycles. The van der Waals surface area contributed by atoms with Crippen LogP contribution in [0.3, 0.4) is 0 Å². The average molecular weight is 466 g/mol. The molecule has 1 aliphatic rings. The third-order valence-electron chi connectivity index (χ3n) is 6.28. The van der Waals surface area contributed by atoms with E-state index in [0.717, 1.165) is 16.3 Å². The molecule has 1 unspecified atom stereocenters. The molecule has 6 heteroatoms. The maximum absolute atomic E-state index is 13.4. The fraction of sp³-hybridized carbons (Fsp3) is 0.103. The minimum atomic E-state index is -0.823. The van der Waals surface area contributed by atoms with Gasteiger partial charge in [-0.05, 0) is 64.9 Å². The van der Waals surface area contributed by atoms with Crippen LogP contribution in [-0.2, 0) is 9.59 Å². The fourth-order valence-corrected chi connectivity index (χ4v) is 4.53. The van der Waals surface area contributed by atoms with Gasteiger partial charge < -0.3 is 14.6 Å². The second-order valence-electron chi connectivity index (χ2n) is 8.16. The Morgan fingerprint density at radius 2 is 1.37 bits per heavy atom. The molecule has 35 heavy (non-hydrogen) atoms. The highest BCUT2D eigenvalue weighted by Gasteiger charge is 2.47. The first kappa shape index (κ1) is 22.2. The predicted molar refractivity (Wildman–Crippen MR) is 135 cm³/mol. The first-order chi connectivity index (χ1) is 17.0. The minimum Gasteiger partial charge on any atom is -0.507 e. The van der Waals surface area contributed by atoms with Crippen molar-refractivity contribution in [3.63, 3.8) is 0 Å². The van der Waals surface area contributed by atoms with Crippen molar-refractivity contribution < 1.29 is 24.2 Å². The third-order valence-corrected chi connectivity index (χ3v) is 6.28. The van der Waals surface area contributed by atoms with Crippen molar-refractivity contribution in [3.05, 3.63) is 108 Å². The zero-order valence-electron chi connectivity index (χ0n) is 19.3. The number of fused-ring (bicyclic) bond motifs is 1. The summed E-state index contributed by atoms with van der Waals surface area (Å²) in [5.74, 6) is -0.439. The number of carbonyl (C=O) groups is 2. The van der Waals surface area contributed by atoms with Crippen molar-refractivity contribution in [3.8, 4) is 11.5 Å². The Kier molecular flexibility index (Phi) is 5.71. The summed E-state index contributed by atoms with van der Waals surface area (Å²) in [6, 6.07) is 26.3. The van der Waals surface area contributed by atoms with Crippen molar-refractivity contribution in [1.82, 2.24) is 0 Å². The van der Waals surface area contributed by atoms with Crippen molar-refractivity contribution >= 4 is 33.9 Å². The number of hydrogen-bond donors (Lipinski definition) is 1. The Labute approximate surface area is 202 Å². The number of ether oxygens (including phenoxy) is 2. The summed E-state index contributed by atoms with van der Waals surface area (Å²) in [6.07, 6.45) is 0. The van der Waals surface area contributed by atoms with Gasteiger partial charge in [0.25, 0.3) is 11.7 Å². The molecule has 1 aliphatic heterocycles. The number of nitrogens with zero attached hydrogens (tertiary/aromatic N) is 1. The summed E-state index contributed by atoms with van der Waals surface area (Å²) in [5, 5.41) is 13.2. The highest BCUT2D eigenvalue weighted by Crippen LogP contribution is 2.44. The number of carbonyl (C=O) groups excluding carboxylic acids is 2. The smallest absolute Gasteiger partial charge is 0.300 e. The summed E-state index contributed by atoms with van der Waals surface area (Å²) >= 11 is 0. The zero-order valence-corrected chi connectivity index (χ0v) is 19.3. The van der Waals surface area contributed by atoms with Crippen LogP contribution in [0.25, 0.3) is 16.5 Å². The highest BCUT2D eigenvalue weighted by atomic mass is 16.5. The van der Waals surface area contributed by atoms with E-state index in [0.29, 0.717) is 22.7 Å². The molecule has 4 aromatic carbocycles. The lowest BCUT2D eigenvalue weighted by atomic mass is 9.91.